The molecule has 0 N–H and O–H groups in total. The molecule has 0 atom stereocenters. The van der Waals surface area contributed by atoms with E-state index in [0.717, 1.165) is 49.9 Å². The van der Waals surface area contributed by atoms with Crippen LogP contribution >= 0.6 is 0 Å². The second-order valence-electron chi connectivity index (χ2n) is 6.97. The molecule has 2 aliphatic heterocycles. The zero-order valence-corrected chi connectivity index (χ0v) is 14.7. The van der Waals surface area contributed by atoms with Gasteiger partial charge in [0.1, 0.15) is 5.82 Å². The quantitative estimate of drug-likeness (QED) is 0.791. The highest BCUT2D eigenvalue weighted by molar-refractivity contribution is 5.95. The largest absolute Gasteiger partial charge is 0.342 e. The van der Waals surface area contributed by atoms with Crippen molar-refractivity contribution in [2.24, 2.45) is 5.92 Å². The van der Waals surface area contributed by atoms with Crippen LogP contribution in [0.1, 0.15) is 38.2 Å². The number of halogens is 1. The van der Waals surface area contributed by atoms with Crippen LogP contribution in [0.3, 0.4) is 0 Å². The first-order valence-electron chi connectivity index (χ1n) is 9.06. The number of carbonyl (C=O) groups excluding carboxylic acids is 2. The first-order chi connectivity index (χ1) is 12.0. The number of hydrogen-bond acceptors (Lipinski definition) is 2. The van der Waals surface area contributed by atoms with Gasteiger partial charge in [0.05, 0.1) is 0 Å². The molecule has 2 amide bonds. The van der Waals surface area contributed by atoms with E-state index in [1.54, 1.807) is 23.1 Å². The lowest BCUT2D eigenvalue weighted by Crippen LogP contribution is -2.43. The van der Waals surface area contributed by atoms with Crippen LogP contribution in [0.15, 0.2) is 30.3 Å². The molecule has 0 aromatic heterocycles. The molecule has 4 nitrogen and oxygen atoms in total. The molecule has 3 rings (SSSR count). The summed E-state index contributed by atoms with van der Waals surface area (Å²) < 4.78 is 13.0. The zero-order valence-electron chi connectivity index (χ0n) is 14.7. The van der Waals surface area contributed by atoms with Gasteiger partial charge in [0.15, 0.2) is 0 Å². The molecule has 2 fully saturated rings. The maximum Gasteiger partial charge on any atom is 0.246 e. The van der Waals surface area contributed by atoms with Crippen LogP contribution < -0.4 is 0 Å². The Hall–Kier alpha value is -2.17. The Morgan fingerprint density at radius 1 is 1.00 bits per heavy atom. The molecule has 134 valence electrons. The standard InChI is InChI=1S/C20H25FN2O2/c1-15(16-4-6-18(21)7-5-16)14-19(24)22-12-8-17(9-13-22)20(25)23-10-2-3-11-23/h4-7,14,17H,2-3,8-13H2,1H3. The summed E-state index contributed by atoms with van der Waals surface area (Å²) in [6, 6.07) is 6.14. The van der Waals surface area contributed by atoms with Gasteiger partial charge in [0.25, 0.3) is 0 Å². The average molecular weight is 344 g/mol. The molecule has 25 heavy (non-hydrogen) atoms. The highest BCUT2D eigenvalue weighted by Crippen LogP contribution is 2.23. The molecule has 2 aliphatic rings. The molecule has 1 aromatic rings. The van der Waals surface area contributed by atoms with E-state index in [0.29, 0.717) is 13.1 Å². The normalized spacial score (nSPS) is 19.4. The van der Waals surface area contributed by atoms with Gasteiger partial charge in [0.2, 0.25) is 11.8 Å². The summed E-state index contributed by atoms with van der Waals surface area (Å²) in [6.07, 6.45) is 5.30. The average Bonchev–Trinajstić information content (AvgIpc) is 3.16. The van der Waals surface area contributed by atoms with Crippen LogP contribution in [-0.4, -0.2) is 47.8 Å². The van der Waals surface area contributed by atoms with Crippen molar-refractivity contribution in [3.63, 3.8) is 0 Å². The van der Waals surface area contributed by atoms with E-state index in [-0.39, 0.29) is 23.5 Å². The number of piperidine rings is 1. The summed E-state index contributed by atoms with van der Waals surface area (Å²) in [5, 5.41) is 0. The minimum Gasteiger partial charge on any atom is -0.342 e. The van der Waals surface area contributed by atoms with Gasteiger partial charge < -0.3 is 9.80 Å². The number of amides is 2. The van der Waals surface area contributed by atoms with Crippen LogP contribution in [0.25, 0.3) is 5.57 Å². The number of nitrogens with zero attached hydrogens (tertiary/aromatic N) is 2. The van der Waals surface area contributed by atoms with Gasteiger partial charge in [-0.3, -0.25) is 9.59 Å². The smallest absolute Gasteiger partial charge is 0.246 e. The topological polar surface area (TPSA) is 40.6 Å². The molecule has 5 heteroatoms. The van der Waals surface area contributed by atoms with Crippen molar-refractivity contribution >= 4 is 17.4 Å². The van der Waals surface area contributed by atoms with E-state index in [2.05, 4.69) is 0 Å². The lowest BCUT2D eigenvalue weighted by molar-refractivity contribution is -0.138. The van der Waals surface area contributed by atoms with E-state index >= 15 is 0 Å². The van der Waals surface area contributed by atoms with Crippen molar-refractivity contribution in [2.75, 3.05) is 26.2 Å². The lowest BCUT2D eigenvalue weighted by Gasteiger charge is -2.32. The van der Waals surface area contributed by atoms with Crippen LogP contribution in [-0.2, 0) is 9.59 Å². The summed E-state index contributed by atoms with van der Waals surface area (Å²) in [6.45, 7) is 4.87. The number of hydrogen-bond donors (Lipinski definition) is 0. The first-order valence-corrected chi connectivity index (χ1v) is 9.06. The first kappa shape index (κ1) is 17.6. The van der Waals surface area contributed by atoms with Gasteiger partial charge in [-0.15, -0.1) is 0 Å². The SMILES string of the molecule is CC(=CC(=O)N1CCC(C(=O)N2CCCC2)CC1)c1ccc(F)cc1. The van der Waals surface area contributed by atoms with Gasteiger partial charge >= 0.3 is 0 Å². The van der Waals surface area contributed by atoms with Crippen LogP contribution in [0, 0.1) is 11.7 Å². The molecule has 2 heterocycles. The van der Waals surface area contributed by atoms with Crippen LogP contribution in [0.5, 0.6) is 0 Å². The second kappa shape index (κ2) is 7.81. The van der Waals surface area contributed by atoms with E-state index in [4.69, 9.17) is 0 Å². The van der Waals surface area contributed by atoms with Gasteiger partial charge in [-0.05, 0) is 55.9 Å². The number of benzene rings is 1. The molecule has 0 bridgehead atoms. The number of carbonyl (C=O) groups is 2. The van der Waals surface area contributed by atoms with E-state index in [9.17, 15) is 14.0 Å². The maximum absolute atomic E-state index is 13.0. The minimum absolute atomic E-state index is 0.0334. The Balaban J connectivity index is 1.55. The molecule has 1 aromatic carbocycles. The number of rotatable bonds is 3. The molecule has 0 spiro atoms. The summed E-state index contributed by atoms with van der Waals surface area (Å²) >= 11 is 0. The third-order valence-electron chi connectivity index (χ3n) is 5.21. The number of likely N-dealkylation sites (tertiary alicyclic amines) is 2. The van der Waals surface area contributed by atoms with Crippen molar-refractivity contribution in [2.45, 2.75) is 32.6 Å². The Morgan fingerprint density at radius 2 is 1.60 bits per heavy atom. The highest BCUT2D eigenvalue weighted by atomic mass is 19.1. The third kappa shape index (κ3) is 4.27. The molecule has 0 aliphatic carbocycles. The van der Waals surface area contributed by atoms with Crippen molar-refractivity contribution in [1.29, 1.82) is 0 Å². The number of allylic oxidation sites excluding steroid dienone is 1. The fourth-order valence-electron chi connectivity index (χ4n) is 3.62. The molecule has 0 unspecified atom stereocenters. The summed E-state index contributed by atoms with van der Waals surface area (Å²) in [7, 11) is 0. The van der Waals surface area contributed by atoms with Gasteiger partial charge in [-0.1, -0.05) is 12.1 Å². The Bertz CT molecular complexity index is 655. The van der Waals surface area contributed by atoms with Gasteiger partial charge in [-0.25, -0.2) is 4.39 Å². The van der Waals surface area contributed by atoms with Crippen molar-refractivity contribution in [3.05, 3.63) is 41.7 Å². The maximum atomic E-state index is 13.0. The van der Waals surface area contributed by atoms with E-state index in [1.807, 2.05) is 11.8 Å². The zero-order chi connectivity index (χ0) is 17.8. The summed E-state index contributed by atoms with van der Waals surface area (Å²) in [4.78, 5) is 28.7. The fourth-order valence-corrected chi connectivity index (χ4v) is 3.62. The molecular weight excluding hydrogens is 319 g/mol. The van der Waals surface area contributed by atoms with Crippen LogP contribution in [0.2, 0.25) is 0 Å². The van der Waals surface area contributed by atoms with E-state index in [1.165, 1.54) is 12.1 Å². The van der Waals surface area contributed by atoms with Crippen molar-refractivity contribution in [3.8, 4) is 0 Å². The monoisotopic (exact) mass is 344 g/mol. The highest BCUT2D eigenvalue weighted by Gasteiger charge is 2.30. The molecule has 0 saturated carbocycles. The van der Waals surface area contributed by atoms with Crippen molar-refractivity contribution < 1.29 is 14.0 Å². The van der Waals surface area contributed by atoms with Gasteiger partial charge in [-0.2, -0.15) is 0 Å². The minimum atomic E-state index is -0.285. The fraction of sp³-hybridized carbons (Fsp3) is 0.500. The molecule has 2 saturated heterocycles. The van der Waals surface area contributed by atoms with E-state index < -0.39 is 0 Å². The predicted molar refractivity (Wildman–Crippen MR) is 95.2 cm³/mol. The predicted octanol–water partition coefficient (Wildman–Crippen LogP) is 3.09. The van der Waals surface area contributed by atoms with Gasteiger partial charge in [0, 0.05) is 38.2 Å². The summed E-state index contributed by atoms with van der Waals surface area (Å²) in [5.41, 5.74) is 1.66. The molecular formula is C20H25FN2O2. The summed E-state index contributed by atoms with van der Waals surface area (Å²) in [5.74, 6) is 0.00785. The van der Waals surface area contributed by atoms with Crippen molar-refractivity contribution in [1.82, 2.24) is 9.80 Å². The Labute approximate surface area is 148 Å². The van der Waals surface area contributed by atoms with Crippen LogP contribution in [0.4, 0.5) is 4.39 Å². The molecule has 0 radical (unpaired) electrons. The third-order valence-corrected chi connectivity index (χ3v) is 5.21. The lowest BCUT2D eigenvalue weighted by atomic mass is 9.95. The Kier molecular flexibility index (Phi) is 5.51. The second-order valence-corrected chi connectivity index (χ2v) is 6.97. The Morgan fingerprint density at radius 3 is 2.20 bits per heavy atom.